The van der Waals surface area contributed by atoms with Gasteiger partial charge in [0.2, 0.25) is 0 Å². The van der Waals surface area contributed by atoms with E-state index in [1.165, 1.54) is 0 Å². The minimum Gasteiger partial charge on any atom is -0.103 e. The highest BCUT2D eigenvalue weighted by Crippen LogP contribution is 2.25. The molecule has 0 radical (unpaired) electrons. The zero-order chi connectivity index (χ0) is 6.85. The van der Waals surface area contributed by atoms with Crippen molar-refractivity contribution in [3.63, 3.8) is 0 Å². The monoisotopic (exact) mass is 122 g/mol. The fourth-order valence-electron chi connectivity index (χ4n) is 1.19. The standard InChI is InChI=1S/C9H14/c1-7-5-4-6-8(2)9(7)3/h7-9H,5H2,1-3H3. The first-order valence-corrected chi connectivity index (χ1v) is 3.70. The topological polar surface area (TPSA) is 0 Å². The molecule has 3 atom stereocenters. The average molecular weight is 122 g/mol. The van der Waals surface area contributed by atoms with Crippen LogP contribution in [0.25, 0.3) is 0 Å². The van der Waals surface area contributed by atoms with Crippen LogP contribution in [0.5, 0.6) is 0 Å². The Bertz CT molecular complexity index is 147. The van der Waals surface area contributed by atoms with Gasteiger partial charge in [0.05, 0.1) is 0 Å². The Balaban J connectivity index is 2.64. The van der Waals surface area contributed by atoms with Crippen LogP contribution < -0.4 is 0 Å². The summed E-state index contributed by atoms with van der Waals surface area (Å²) in [4.78, 5) is 0. The summed E-state index contributed by atoms with van der Waals surface area (Å²) in [6.07, 6.45) is 1.10. The van der Waals surface area contributed by atoms with Gasteiger partial charge in [0.15, 0.2) is 0 Å². The molecule has 0 nitrogen and oxygen atoms in total. The van der Waals surface area contributed by atoms with Crippen molar-refractivity contribution in [2.45, 2.75) is 27.2 Å². The van der Waals surface area contributed by atoms with E-state index in [0.717, 1.165) is 18.3 Å². The molecule has 0 bridgehead atoms. The predicted molar refractivity (Wildman–Crippen MR) is 39.9 cm³/mol. The van der Waals surface area contributed by atoms with Crippen LogP contribution in [0.4, 0.5) is 0 Å². The number of rotatable bonds is 0. The quantitative estimate of drug-likeness (QED) is 0.432. The first kappa shape index (κ1) is 6.68. The van der Waals surface area contributed by atoms with Gasteiger partial charge < -0.3 is 0 Å². The zero-order valence-electron chi connectivity index (χ0n) is 6.44. The van der Waals surface area contributed by atoms with Crippen LogP contribution in [0.15, 0.2) is 0 Å². The second kappa shape index (κ2) is 2.43. The van der Waals surface area contributed by atoms with Crippen molar-refractivity contribution in [2.75, 3.05) is 0 Å². The van der Waals surface area contributed by atoms with Gasteiger partial charge >= 0.3 is 0 Å². The molecule has 0 amide bonds. The van der Waals surface area contributed by atoms with E-state index in [0.29, 0.717) is 5.92 Å². The summed E-state index contributed by atoms with van der Waals surface area (Å²) in [7, 11) is 0. The molecule has 0 saturated carbocycles. The molecule has 50 valence electrons. The molecule has 0 heterocycles. The molecule has 0 aliphatic heterocycles. The van der Waals surface area contributed by atoms with Gasteiger partial charge in [0, 0.05) is 12.3 Å². The second-order valence-electron chi connectivity index (χ2n) is 3.15. The minimum absolute atomic E-state index is 0.619. The molecular weight excluding hydrogens is 108 g/mol. The van der Waals surface area contributed by atoms with Crippen molar-refractivity contribution in [3.8, 4) is 11.8 Å². The highest BCUT2D eigenvalue weighted by atomic mass is 14.2. The van der Waals surface area contributed by atoms with Gasteiger partial charge in [0.1, 0.15) is 0 Å². The third-order valence-corrected chi connectivity index (χ3v) is 2.44. The average Bonchev–Trinajstić information content (AvgIpc) is 1.83. The fourth-order valence-corrected chi connectivity index (χ4v) is 1.19. The first-order chi connectivity index (χ1) is 4.22. The lowest BCUT2D eigenvalue weighted by Gasteiger charge is -2.23. The van der Waals surface area contributed by atoms with Crippen molar-refractivity contribution < 1.29 is 0 Å². The summed E-state index contributed by atoms with van der Waals surface area (Å²) in [5.41, 5.74) is 0. The predicted octanol–water partition coefficient (Wildman–Crippen LogP) is 2.30. The lowest BCUT2D eigenvalue weighted by molar-refractivity contribution is 0.322. The Labute approximate surface area is 57.7 Å². The Hall–Kier alpha value is -0.440. The molecule has 1 aliphatic carbocycles. The minimum atomic E-state index is 0.619. The summed E-state index contributed by atoms with van der Waals surface area (Å²) in [5.74, 6) is 8.60. The molecule has 0 aromatic carbocycles. The fraction of sp³-hybridized carbons (Fsp3) is 0.778. The van der Waals surface area contributed by atoms with Gasteiger partial charge in [0.25, 0.3) is 0 Å². The van der Waals surface area contributed by atoms with Crippen molar-refractivity contribution in [1.82, 2.24) is 0 Å². The van der Waals surface area contributed by atoms with E-state index in [1.54, 1.807) is 0 Å². The number of hydrogen-bond acceptors (Lipinski definition) is 0. The molecule has 0 spiro atoms. The molecule has 0 N–H and O–H groups in total. The summed E-state index contributed by atoms with van der Waals surface area (Å²) < 4.78 is 0. The third kappa shape index (κ3) is 1.27. The summed E-state index contributed by atoms with van der Waals surface area (Å²) in [6.45, 7) is 6.80. The maximum atomic E-state index is 3.21. The lowest BCUT2D eigenvalue weighted by Crippen LogP contribution is -2.17. The number of hydrogen-bond donors (Lipinski definition) is 0. The summed E-state index contributed by atoms with van der Waals surface area (Å²) >= 11 is 0. The van der Waals surface area contributed by atoms with Gasteiger partial charge in [-0.1, -0.05) is 26.7 Å². The van der Waals surface area contributed by atoms with E-state index >= 15 is 0 Å². The second-order valence-corrected chi connectivity index (χ2v) is 3.15. The molecule has 0 aromatic heterocycles. The van der Waals surface area contributed by atoms with Crippen LogP contribution >= 0.6 is 0 Å². The zero-order valence-corrected chi connectivity index (χ0v) is 6.44. The van der Waals surface area contributed by atoms with Gasteiger partial charge in [-0.15, -0.1) is 5.92 Å². The smallest absolute Gasteiger partial charge is 0.0203 e. The summed E-state index contributed by atoms with van der Waals surface area (Å²) in [6, 6.07) is 0. The van der Waals surface area contributed by atoms with E-state index in [-0.39, 0.29) is 0 Å². The molecule has 9 heavy (non-hydrogen) atoms. The molecule has 0 aromatic rings. The van der Waals surface area contributed by atoms with Gasteiger partial charge in [-0.05, 0) is 11.8 Å². The van der Waals surface area contributed by atoms with E-state index in [2.05, 4.69) is 32.6 Å². The van der Waals surface area contributed by atoms with Crippen LogP contribution in [0, 0.1) is 29.6 Å². The maximum absolute atomic E-state index is 3.21. The molecule has 3 unspecified atom stereocenters. The maximum Gasteiger partial charge on any atom is 0.0203 e. The van der Waals surface area contributed by atoms with E-state index in [4.69, 9.17) is 0 Å². The Kier molecular flexibility index (Phi) is 1.81. The van der Waals surface area contributed by atoms with Crippen LogP contribution in [0.3, 0.4) is 0 Å². The Morgan fingerprint density at radius 2 is 1.89 bits per heavy atom. The van der Waals surface area contributed by atoms with Crippen LogP contribution in [0.1, 0.15) is 27.2 Å². The van der Waals surface area contributed by atoms with E-state index in [9.17, 15) is 0 Å². The van der Waals surface area contributed by atoms with E-state index in [1.807, 2.05) is 0 Å². The van der Waals surface area contributed by atoms with Gasteiger partial charge in [-0.25, -0.2) is 0 Å². The van der Waals surface area contributed by atoms with Gasteiger partial charge in [-0.2, -0.15) is 0 Å². The Morgan fingerprint density at radius 1 is 1.22 bits per heavy atom. The molecule has 0 heteroatoms. The molecule has 0 fully saturated rings. The highest BCUT2D eigenvalue weighted by molar-refractivity contribution is 5.09. The molecular formula is C9H14. The van der Waals surface area contributed by atoms with E-state index < -0.39 is 0 Å². The van der Waals surface area contributed by atoms with Gasteiger partial charge in [-0.3, -0.25) is 0 Å². The van der Waals surface area contributed by atoms with Crippen molar-refractivity contribution in [3.05, 3.63) is 0 Å². The lowest BCUT2D eigenvalue weighted by atomic mass is 9.81. The Morgan fingerprint density at radius 3 is 2.33 bits per heavy atom. The van der Waals surface area contributed by atoms with Crippen LogP contribution in [-0.2, 0) is 0 Å². The normalized spacial score (nSPS) is 41.4. The van der Waals surface area contributed by atoms with Crippen molar-refractivity contribution in [1.29, 1.82) is 0 Å². The van der Waals surface area contributed by atoms with Crippen molar-refractivity contribution >= 4 is 0 Å². The first-order valence-electron chi connectivity index (χ1n) is 3.70. The van der Waals surface area contributed by atoms with Crippen LogP contribution in [0.2, 0.25) is 0 Å². The highest BCUT2D eigenvalue weighted by Gasteiger charge is 2.19. The third-order valence-electron chi connectivity index (χ3n) is 2.44. The largest absolute Gasteiger partial charge is 0.103 e. The SMILES string of the molecule is CC1C#CCC(C)C1C. The molecule has 0 saturated heterocycles. The summed E-state index contributed by atoms with van der Waals surface area (Å²) in [5, 5.41) is 0. The molecule has 1 rings (SSSR count). The van der Waals surface area contributed by atoms with Crippen molar-refractivity contribution in [2.24, 2.45) is 17.8 Å². The molecule has 1 aliphatic rings. The van der Waals surface area contributed by atoms with Crippen LogP contribution in [-0.4, -0.2) is 0 Å².